The van der Waals surface area contributed by atoms with Gasteiger partial charge in [-0.1, -0.05) is 0 Å². The molecule has 3 aromatic rings. The van der Waals surface area contributed by atoms with Crippen LogP contribution in [0.3, 0.4) is 0 Å². The number of fused-ring (bicyclic) bond motifs is 2. The fourth-order valence-electron chi connectivity index (χ4n) is 4.13. The summed E-state index contributed by atoms with van der Waals surface area (Å²) in [6.07, 6.45) is 6.58. The number of hydrogen-bond donors (Lipinski definition) is 0. The normalized spacial score (nSPS) is 18.1. The second kappa shape index (κ2) is 7.50. The molecule has 5 rings (SSSR count). The number of aromatic nitrogens is 4. The van der Waals surface area contributed by atoms with Gasteiger partial charge < -0.3 is 14.5 Å². The first kappa shape index (κ1) is 19.2. The number of anilines is 1. The molecule has 0 saturated carbocycles. The van der Waals surface area contributed by atoms with Crippen LogP contribution in [0, 0.1) is 11.3 Å². The van der Waals surface area contributed by atoms with Crippen LogP contribution < -0.4 is 9.64 Å². The summed E-state index contributed by atoms with van der Waals surface area (Å²) in [4.78, 5) is 24.8. The van der Waals surface area contributed by atoms with Crippen LogP contribution in [0.1, 0.15) is 24.0 Å². The minimum absolute atomic E-state index is 0.0795. The Morgan fingerprint density at radius 3 is 2.87 bits per heavy atom. The number of carbonyl (C=O) groups is 1. The van der Waals surface area contributed by atoms with Crippen molar-refractivity contribution in [3.63, 3.8) is 0 Å². The maximum absolute atomic E-state index is 15.7. The molecule has 3 aromatic heterocycles. The Morgan fingerprint density at radius 1 is 1.23 bits per heavy atom. The lowest BCUT2D eigenvalue weighted by atomic mass is 9.91. The van der Waals surface area contributed by atoms with Gasteiger partial charge in [-0.25, -0.2) is 13.9 Å². The van der Waals surface area contributed by atoms with Crippen molar-refractivity contribution in [1.29, 1.82) is 5.26 Å². The van der Waals surface area contributed by atoms with Gasteiger partial charge in [-0.3, -0.25) is 9.78 Å². The Morgan fingerprint density at radius 2 is 2.06 bits per heavy atom. The van der Waals surface area contributed by atoms with Crippen LogP contribution in [0.4, 0.5) is 10.2 Å². The molecule has 2 aliphatic rings. The molecule has 0 aliphatic carbocycles. The highest BCUT2D eigenvalue weighted by molar-refractivity contribution is 5.85. The minimum Gasteiger partial charge on any atom is -0.490 e. The van der Waals surface area contributed by atoms with Gasteiger partial charge >= 0.3 is 0 Å². The van der Waals surface area contributed by atoms with Crippen molar-refractivity contribution in [3.05, 3.63) is 48.0 Å². The van der Waals surface area contributed by atoms with Gasteiger partial charge in [0.1, 0.15) is 29.8 Å². The van der Waals surface area contributed by atoms with Gasteiger partial charge in [0, 0.05) is 56.3 Å². The molecule has 0 spiro atoms. The standard InChI is InChI=1S/C21H20FN7O2/c22-21(3-6-27(7-4-21)18-2-1-17-25-5-8-29(17)26-18)20(30)28-9-10-31-19-15(11-23)12-24-13-16(19)14-28/h1-2,5,8,12-13H,3-4,6-7,9-10,14H2. The molecule has 1 fully saturated rings. The van der Waals surface area contributed by atoms with Gasteiger partial charge in [0.15, 0.2) is 11.3 Å². The van der Waals surface area contributed by atoms with Crippen LogP contribution in [-0.2, 0) is 11.3 Å². The highest BCUT2D eigenvalue weighted by Crippen LogP contribution is 2.33. The highest BCUT2D eigenvalue weighted by atomic mass is 19.1. The number of amides is 1. The van der Waals surface area contributed by atoms with E-state index in [9.17, 15) is 10.1 Å². The average molecular weight is 421 g/mol. The molecule has 158 valence electrons. The van der Waals surface area contributed by atoms with Crippen LogP contribution in [0.25, 0.3) is 5.65 Å². The van der Waals surface area contributed by atoms with E-state index in [-0.39, 0.29) is 32.5 Å². The van der Waals surface area contributed by atoms with E-state index in [0.29, 0.717) is 30.0 Å². The summed E-state index contributed by atoms with van der Waals surface area (Å²) >= 11 is 0. The number of pyridine rings is 1. The number of hydrogen-bond acceptors (Lipinski definition) is 7. The Labute approximate surface area is 177 Å². The summed E-state index contributed by atoms with van der Waals surface area (Å²) in [6, 6.07) is 5.77. The monoisotopic (exact) mass is 421 g/mol. The van der Waals surface area contributed by atoms with E-state index in [4.69, 9.17) is 4.74 Å². The van der Waals surface area contributed by atoms with Gasteiger partial charge in [-0.05, 0) is 12.1 Å². The predicted molar refractivity (Wildman–Crippen MR) is 108 cm³/mol. The highest BCUT2D eigenvalue weighted by Gasteiger charge is 2.45. The van der Waals surface area contributed by atoms with Crippen LogP contribution in [0.2, 0.25) is 0 Å². The first-order valence-electron chi connectivity index (χ1n) is 10.1. The van der Waals surface area contributed by atoms with Crippen molar-refractivity contribution < 1.29 is 13.9 Å². The number of imidazole rings is 1. The molecule has 31 heavy (non-hydrogen) atoms. The molecule has 1 saturated heterocycles. The third-order valence-corrected chi connectivity index (χ3v) is 5.85. The molecular weight excluding hydrogens is 401 g/mol. The number of halogens is 1. The quantitative estimate of drug-likeness (QED) is 0.621. The fourth-order valence-corrected chi connectivity index (χ4v) is 4.13. The third-order valence-electron chi connectivity index (χ3n) is 5.85. The topological polar surface area (TPSA) is 99.6 Å². The smallest absolute Gasteiger partial charge is 0.260 e. The van der Waals surface area contributed by atoms with Gasteiger partial charge in [-0.2, -0.15) is 5.26 Å². The zero-order valence-corrected chi connectivity index (χ0v) is 16.7. The Hall–Kier alpha value is -3.74. The Balaban J connectivity index is 1.30. The summed E-state index contributed by atoms with van der Waals surface area (Å²) in [7, 11) is 0. The third kappa shape index (κ3) is 3.42. The number of rotatable bonds is 2. The summed E-state index contributed by atoms with van der Waals surface area (Å²) in [5.41, 5.74) is -0.268. The first-order chi connectivity index (χ1) is 15.1. The van der Waals surface area contributed by atoms with E-state index in [1.54, 1.807) is 23.1 Å². The van der Waals surface area contributed by atoms with Gasteiger partial charge in [-0.15, -0.1) is 5.10 Å². The number of nitriles is 1. The van der Waals surface area contributed by atoms with Crippen molar-refractivity contribution in [1.82, 2.24) is 24.5 Å². The summed E-state index contributed by atoms with van der Waals surface area (Å²) in [5, 5.41) is 13.8. The number of piperidine rings is 1. The van der Waals surface area contributed by atoms with E-state index in [2.05, 4.69) is 15.1 Å². The molecule has 1 amide bonds. The SMILES string of the molecule is N#Cc1cncc2c1OCCN(C(=O)C1(F)CCN(c3ccc4nccn4n3)CC1)C2. The van der Waals surface area contributed by atoms with E-state index in [1.165, 1.54) is 11.1 Å². The van der Waals surface area contributed by atoms with Crippen molar-refractivity contribution in [2.75, 3.05) is 31.1 Å². The molecule has 0 radical (unpaired) electrons. The molecule has 10 heteroatoms. The molecule has 0 bridgehead atoms. The van der Waals surface area contributed by atoms with Crippen molar-refractivity contribution in [2.45, 2.75) is 25.1 Å². The zero-order chi connectivity index (χ0) is 21.4. The van der Waals surface area contributed by atoms with E-state index < -0.39 is 11.6 Å². The van der Waals surface area contributed by atoms with Gasteiger partial charge in [0.25, 0.3) is 5.91 Å². The largest absolute Gasteiger partial charge is 0.490 e. The maximum Gasteiger partial charge on any atom is 0.260 e. The lowest BCUT2D eigenvalue weighted by molar-refractivity contribution is -0.146. The average Bonchev–Trinajstić information content (AvgIpc) is 3.16. The number of nitrogens with zero attached hydrogens (tertiary/aromatic N) is 7. The number of alkyl halides is 1. The second-order valence-electron chi connectivity index (χ2n) is 7.74. The molecule has 0 N–H and O–H groups in total. The van der Waals surface area contributed by atoms with Crippen LogP contribution in [0.5, 0.6) is 5.75 Å². The van der Waals surface area contributed by atoms with E-state index >= 15 is 4.39 Å². The number of ether oxygens (including phenoxy) is 1. The Bertz CT molecular complexity index is 1180. The molecule has 0 atom stereocenters. The lowest BCUT2D eigenvalue weighted by Crippen LogP contribution is -2.52. The molecule has 0 unspecified atom stereocenters. The minimum atomic E-state index is -1.94. The van der Waals surface area contributed by atoms with E-state index in [0.717, 1.165) is 11.5 Å². The van der Waals surface area contributed by atoms with Crippen LogP contribution in [-0.4, -0.2) is 62.3 Å². The van der Waals surface area contributed by atoms with Crippen LogP contribution in [0.15, 0.2) is 36.9 Å². The van der Waals surface area contributed by atoms with E-state index in [1.807, 2.05) is 23.1 Å². The molecule has 5 heterocycles. The molecule has 0 aromatic carbocycles. The van der Waals surface area contributed by atoms with Crippen molar-refractivity contribution in [3.8, 4) is 11.8 Å². The molecule has 2 aliphatic heterocycles. The molecular formula is C21H20FN7O2. The summed E-state index contributed by atoms with van der Waals surface area (Å²) in [5.74, 6) is 0.618. The summed E-state index contributed by atoms with van der Waals surface area (Å²) in [6.45, 7) is 1.40. The van der Waals surface area contributed by atoms with Crippen LogP contribution >= 0.6 is 0 Å². The lowest BCUT2D eigenvalue weighted by Gasteiger charge is -2.38. The first-order valence-corrected chi connectivity index (χ1v) is 10.1. The Kier molecular flexibility index (Phi) is 4.66. The predicted octanol–water partition coefficient (Wildman–Crippen LogP) is 1.73. The fraction of sp³-hybridized carbons (Fsp3) is 0.381. The van der Waals surface area contributed by atoms with Gasteiger partial charge in [0.2, 0.25) is 0 Å². The number of carbonyl (C=O) groups excluding carboxylic acids is 1. The molecule has 9 nitrogen and oxygen atoms in total. The zero-order valence-electron chi connectivity index (χ0n) is 16.7. The van der Waals surface area contributed by atoms with Crippen molar-refractivity contribution in [2.24, 2.45) is 0 Å². The van der Waals surface area contributed by atoms with Gasteiger partial charge in [0.05, 0.1) is 13.1 Å². The summed E-state index contributed by atoms with van der Waals surface area (Å²) < 4.78 is 23.1. The van der Waals surface area contributed by atoms with Crippen molar-refractivity contribution >= 4 is 17.4 Å². The second-order valence-corrected chi connectivity index (χ2v) is 7.74. The maximum atomic E-state index is 15.7.